The number of para-hydroxylation sites is 4. The van der Waals surface area contributed by atoms with Gasteiger partial charge in [-0.15, -0.1) is 11.3 Å². The first-order valence-electron chi connectivity index (χ1n) is 10.9. The van der Waals surface area contributed by atoms with Crippen LogP contribution in [0.5, 0.6) is 11.5 Å². The van der Waals surface area contributed by atoms with Gasteiger partial charge in [-0.05, 0) is 43.7 Å². The molecule has 2 N–H and O–H groups in total. The van der Waals surface area contributed by atoms with Gasteiger partial charge in [0.05, 0.1) is 41.7 Å². The van der Waals surface area contributed by atoms with Crippen molar-refractivity contribution < 1.29 is 19.1 Å². The van der Waals surface area contributed by atoms with E-state index in [9.17, 15) is 14.4 Å². The van der Waals surface area contributed by atoms with Gasteiger partial charge in [0.1, 0.15) is 22.9 Å². The highest BCUT2D eigenvalue weighted by Gasteiger charge is 2.21. The van der Waals surface area contributed by atoms with Crippen molar-refractivity contribution in [1.29, 1.82) is 0 Å². The van der Waals surface area contributed by atoms with E-state index in [1.165, 1.54) is 18.0 Å². The van der Waals surface area contributed by atoms with Crippen LogP contribution < -0.4 is 25.7 Å². The summed E-state index contributed by atoms with van der Waals surface area (Å²) in [7, 11) is 1.52. The van der Waals surface area contributed by atoms with Crippen LogP contribution in [0, 0.1) is 6.92 Å². The number of benzene rings is 2. The summed E-state index contributed by atoms with van der Waals surface area (Å²) in [5.41, 5.74) is 1.15. The van der Waals surface area contributed by atoms with Crippen LogP contribution in [0.1, 0.15) is 22.2 Å². The monoisotopic (exact) mass is 492 g/mol. The predicted octanol–water partition coefficient (Wildman–Crippen LogP) is 4.06. The molecule has 0 atom stereocenters. The maximum absolute atomic E-state index is 13.2. The number of aromatic nitrogens is 2. The van der Waals surface area contributed by atoms with Gasteiger partial charge in [0, 0.05) is 0 Å². The predicted molar refractivity (Wildman–Crippen MR) is 136 cm³/mol. The molecule has 2 aromatic carbocycles. The van der Waals surface area contributed by atoms with Gasteiger partial charge >= 0.3 is 0 Å². The van der Waals surface area contributed by atoms with Crippen LogP contribution in [0.2, 0.25) is 0 Å². The number of anilines is 2. The van der Waals surface area contributed by atoms with E-state index in [1.807, 2.05) is 13.0 Å². The van der Waals surface area contributed by atoms with Crippen LogP contribution in [0.4, 0.5) is 11.4 Å². The lowest BCUT2D eigenvalue weighted by atomic mass is 10.2. The Morgan fingerprint density at radius 2 is 1.69 bits per heavy atom. The fraction of sp³-hybridized carbons (Fsp3) is 0.200. The van der Waals surface area contributed by atoms with Crippen molar-refractivity contribution in [3.8, 4) is 11.5 Å². The number of carbonyl (C=O) groups is 2. The molecule has 2 heterocycles. The van der Waals surface area contributed by atoms with E-state index in [-0.39, 0.29) is 12.5 Å². The fourth-order valence-corrected chi connectivity index (χ4v) is 4.65. The van der Waals surface area contributed by atoms with E-state index in [0.29, 0.717) is 50.1 Å². The first-order chi connectivity index (χ1) is 16.9. The minimum Gasteiger partial charge on any atom is -0.495 e. The number of nitrogens with zero attached hydrogens (tertiary/aromatic N) is 2. The molecular formula is C25H24N4O5S. The van der Waals surface area contributed by atoms with Gasteiger partial charge in [0.15, 0.2) is 0 Å². The van der Waals surface area contributed by atoms with Crippen molar-refractivity contribution in [3.05, 3.63) is 75.7 Å². The zero-order chi connectivity index (χ0) is 24.9. The number of ether oxygens (including phenoxy) is 2. The number of methoxy groups -OCH3 is 1. The molecule has 0 aliphatic carbocycles. The molecular weight excluding hydrogens is 468 g/mol. The highest BCUT2D eigenvalue weighted by atomic mass is 32.1. The van der Waals surface area contributed by atoms with E-state index < -0.39 is 11.5 Å². The van der Waals surface area contributed by atoms with Crippen molar-refractivity contribution in [1.82, 2.24) is 9.55 Å². The molecule has 0 bridgehead atoms. The lowest BCUT2D eigenvalue weighted by Gasteiger charge is -2.12. The molecule has 0 radical (unpaired) electrons. The Kier molecular flexibility index (Phi) is 7.11. The highest BCUT2D eigenvalue weighted by Crippen LogP contribution is 2.30. The second-order valence-corrected chi connectivity index (χ2v) is 8.54. The van der Waals surface area contributed by atoms with Crippen LogP contribution in [-0.2, 0) is 11.3 Å². The zero-order valence-corrected chi connectivity index (χ0v) is 20.3. The molecule has 0 fully saturated rings. The normalized spacial score (nSPS) is 10.7. The molecule has 10 heteroatoms. The molecule has 2 aromatic heterocycles. The first kappa shape index (κ1) is 24.0. The summed E-state index contributed by atoms with van der Waals surface area (Å²) >= 11 is 1.12. The molecule has 4 aromatic rings. The highest BCUT2D eigenvalue weighted by molar-refractivity contribution is 7.20. The van der Waals surface area contributed by atoms with E-state index in [2.05, 4.69) is 15.6 Å². The second-order valence-electron chi connectivity index (χ2n) is 7.55. The Hall–Kier alpha value is -4.18. The van der Waals surface area contributed by atoms with Gasteiger partial charge in [-0.2, -0.15) is 0 Å². The maximum atomic E-state index is 13.2. The van der Waals surface area contributed by atoms with Crippen molar-refractivity contribution in [2.75, 3.05) is 24.4 Å². The van der Waals surface area contributed by atoms with Gasteiger partial charge in [0.25, 0.3) is 11.5 Å². The number of amides is 2. The Morgan fingerprint density at radius 3 is 2.37 bits per heavy atom. The zero-order valence-electron chi connectivity index (χ0n) is 19.5. The van der Waals surface area contributed by atoms with E-state index >= 15 is 0 Å². The Labute approximate surface area is 205 Å². The molecule has 180 valence electrons. The van der Waals surface area contributed by atoms with E-state index in [1.54, 1.807) is 49.4 Å². The van der Waals surface area contributed by atoms with Crippen molar-refractivity contribution in [2.24, 2.45) is 0 Å². The fourth-order valence-electron chi connectivity index (χ4n) is 3.61. The topological polar surface area (TPSA) is 112 Å². The lowest BCUT2D eigenvalue weighted by Crippen LogP contribution is -2.28. The molecule has 0 unspecified atom stereocenters. The number of fused-ring (bicyclic) bond motifs is 1. The lowest BCUT2D eigenvalue weighted by molar-refractivity contribution is -0.116. The Bertz CT molecular complexity index is 1460. The van der Waals surface area contributed by atoms with Crippen molar-refractivity contribution in [2.45, 2.75) is 20.4 Å². The van der Waals surface area contributed by atoms with Gasteiger partial charge < -0.3 is 20.1 Å². The van der Waals surface area contributed by atoms with Crippen LogP contribution >= 0.6 is 11.3 Å². The average molecular weight is 493 g/mol. The first-order valence-corrected chi connectivity index (χ1v) is 11.7. The van der Waals surface area contributed by atoms with E-state index in [4.69, 9.17) is 9.47 Å². The Morgan fingerprint density at radius 1 is 1.03 bits per heavy atom. The van der Waals surface area contributed by atoms with Gasteiger partial charge in [-0.25, -0.2) is 4.98 Å². The van der Waals surface area contributed by atoms with Crippen LogP contribution in [-0.4, -0.2) is 35.1 Å². The van der Waals surface area contributed by atoms with Gasteiger partial charge in [-0.1, -0.05) is 24.3 Å². The third-order valence-electron chi connectivity index (χ3n) is 5.25. The smallest absolute Gasteiger partial charge is 0.266 e. The van der Waals surface area contributed by atoms with Gasteiger partial charge in [0.2, 0.25) is 5.91 Å². The third-order valence-corrected chi connectivity index (χ3v) is 6.45. The number of carbonyl (C=O) groups excluding carboxylic acids is 2. The number of hydrogen-bond donors (Lipinski definition) is 2. The van der Waals surface area contributed by atoms with Crippen LogP contribution in [0.25, 0.3) is 10.2 Å². The number of nitrogens with one attached hydrogen (secondary N) is 2. The molecule has 0 saturated heterocycles. The van der Waals surface area contributed by atoms with Crippen molar-refractivity contribution in [3.63, 3.8) is 0 Å². The maximum Gasteiger partial charge on any atom is 0.266 e. The summed E-state index contributed by atoms with van der Waals surface area (Å²) in [5, 5.41) is 5.90. The summed E-state index contributed by atoms with van der Waals surface area (Å²) in [6, 6.07) is 14.1. The molecule has 0 spiro atoms. The summed E-state index contributed by atoms with van der Waals surface area (Å²) < 4.78 is 12.0. The Balaban J connectivity index is 1.58. The quantitative estimate of drug-likeness (QED) is 0.384. The molecule has 0 aliphatic rings. The SMILES string of the molecule is CCOc1ccccc1NC(=O)Cn1cnc2sc(C(=O)Nc3ccccc3OC)c(C)c2c1=O. The molecule has 0 aliphatic heterocycles. The average Bonchev–Trinajstić information content (AvgIpc) is 3.19. The minimum absolute atomic E-state index is 0.236. The minimum atomic E-state index is -0.401. The third kappa shape index (κ3) is 5.02. The van der Waals surface area contributed by atoms with Crippen molar-refractivity contribution >= 4 is 44.7 Å². The summed E-state index contributed by atoms with van der Waals surface area (Å²) in [6.07, 6.45) is 1.32. The largest absolute Gasteiger partial charge is 0.495 e. The molecule has 2 amide bonds. The second kappa shape index (κ2) is 10.4. The van der Waals surface area contributed by atoms with E-state index in [0.717, 1.165) is 11.3 Å². The number of rotatable bonds is 8. The number of aryl methyl sites for hydroxylation is 1. The molecule has 35 heavy (non-hydrogen) atoms. The molecule has 9 nitrogen and oxygen atoms in total. The summed E-state index contributed by atoms with van der Waals surface area (Å²) in [6.45, 7) is 3.77. The summed E-state index contributed by atoms with van der Waals surface area (Å²) in [4.78, 5) is 43.9. The number of hydrogen-bond acceptors (Lipinski definition) is 7. The van der Waals surface area contributed by atoms with Gasteiger partial charge in [-0.3, -0.25) is 19.0 Å². The van der Waals surface area contributed by atoms with Crippen LogP contribution in [0.3, 0.4) is 0 Å². The summed E-state index contributed by atoms with van der Waals surface area (Å²) in [5.74, 6) is 0.300. The van der Waals surface area contributed by atoms with Crippen LogP contribution in [0.15, 0.2) is 59.7 Å². The standard InChI is InChI=1S/C25H24N4O5S/c1-4-34-19-12-8-6-10-17(19)27-20(30)13-29-14-26-24-21(25(29)32)15(2)22(35-24)23(31)28-16-9-5-7-11-18(16)33-3/h5-12,14H,4,13H2,1-3H3,(H,27,30)(H,28,31). The molecule has 4 rings (SSSR count). The molecule has 0 saturated carbocycles. The number of thiophene rings is 1.